The lowest BCUT2D eigenvalue weighted by molar-refractivity contribution is 0.190. The standard InChI is InChI=1S/C18H21Cl2NO2/c1-12-3-5-14(6-4-12)11-23-18-15(10-21-9-13(2)22)7-16(19)8-17(18)20/h3-8,13,21-22H,9-11H2,1-2H3/t13-/m1/s1. The van der Waals surface area contributed by atoms with Crippen molar-refractivity contribution in [1.82, 2.24) is 5.32 Å². The molecule has 0 aromatic heterocycles. The number of halogens is 2. The third-order valence-corrected chi connectivity index (χ3v) is 3.84. The van der Waals surface area contributed by atoms with Gasteiger partial charge in [-0.2, -0.15) is 0 Å². The van der Waals surface area contributed by atoms with E-state index in [1.165, 1.54) is 5.56 Å². The van der Waals surface area contributed by atoms with Gasteiger partial charge in [0.15, 0.2) is 0 Å². The molecular weight excluding hydrogens is 333 g/mol. The van der Waals surface area contributed by atoms with E-state index in [4.69, 9.17) is 27.9 Å². The van der Waals surface area contributed by atoms with E-state index in [0.717, 1.165) is 11.1 Å². The summed E-state index contributed by atoms with van der Waals surface area (Å²) < 4.78 is 5.91. The maximum atomic E-state index is 9.34. The van der Waals surface area contributed by atoms with Crippen LogP contribution in [0.25, 0.3) is 0 Å². The molecule has 0 amide bonds. The van der Waals surface area contributed by atoms with Crippen molar-refractivity contribution < 1.29 is 9.84 Å². The van der Waals surface area contributed by atoms with Crippen molar-refractivity contribution in [3.8, 4) is 5.75 Å². The van der Waals surface area contributed by atoms with Gasteiger partial charge in [0.2, 0.25) is 0 Å². The molecule has 0 aliphatic carbocycles. The Kier molecular flexibility index (Phi) is 6.72. The Bertz CT molecular complexity index is 642. The van der Waals surface area contributed by atoms with Crippen LogP contribution in [0.4, 0.5) is 0 Å². The lowest BCUT2D eigenvalue weighted by Crippen LogP contribution is -2.24. The van der Waals surface area contributed by atoms with Crippen LogP contribution in [0.3, 0.4) is 0 Å². The quantitative estimate of drug-likeness (QED) is 0.777. The van der Waals surface area contributed by atoms with Crippen molar-refractivity contribution in [3.63, 3.8) is 0 Å². The van der Waals surface area contributed by atoms with Crippen LogP contribution in [-0.4, -0.2) is 17.8 Å². The SMILES string of the molecule is Cc1ccc(COc2c(Cl)cc(Cl)cc2CNC[C@@H](C)O)cc1. The van der Waals surface area contributed by atoms with Crippen LogP contribution in [0.1, 0.15) is 23.6 Å². The fraction of sp³-hybridized carbons (Fsp3) is 0.333. The Balaban J connectivity index is 2.10. The largest absolute Gasteiger partial charge is 0.487 e. The monoisotopic (exact) mass is 353 g/mol. The van der Waals surface area contributed by atoms with E-state index in [-0.39, 0.29) is 0 Å². The number of benzene rings is 2. The van der Waals surface area contributed by atoms with Gasteiger partial charge in [-0.15, -0.1) is 0 Å². The molecule has 2 N–H and O–H groups in total. The number of hydrogen-bond acceptors (Lipinski definition) is 3. The molecule has 23 heavy (non-hydrogen) atoms. The molecule has 2 rings (SSSR count). The smallest absolute Gasteiger partial charge is 0.142 e. The lowest BCUT2D eigenvalue weighted by Gasteiger charge is -2.15. The highest BCUT2D eigenvalue weighted by molar-refractivity contribution is 6.35. The van der Waals surface area contributed by atoms with Gasteiger partial charge in [0.1, 0.15) is 12.4 Å². The van der Waals surface area contributed by atoms with E-state index in [0.29, 0.717) is 35.5 Å². The molecule has 0 heterocycles. The average Bonchev–Trinajstić information content (AvgIpc) is 2.47. The first-order valence-corrected chi connectivity index (χ1v) is 8.26. The molecular formula is C18H21Cl2NO2. The summed E-state index contributed by atoms with van der Waals surface area (Å²) in [5, 5.41) is 13.5. The summed E-state index contributed by atoms with van der Waals surface area (Å²) in [5.41, 5.74) is 3.15. The summed E-state index contributed by atoms with van der Waals surface area (Å²) in [6.45, 7) is 5.22. The van der Waals surface area contributed by atoms with E-state index in [9.17, 15) is 5.11 Å². The minimum atomic E-state index is -0.415. The molecule has 3 nitrogen and oxygen atoms in total. The number of aliphatic hydroxyl groups is 1. The van der Waals surface area contributed by atoms with Crippen LogP contribution >= 0.6 is 23.2 Å². The first kappa shape index (κ1) is 18.1. The lowest BCUT2D eigenvalue weighted by atomic mass is 10.1. The molecule has 0 fully saturated rings. The topological polar surface area (TPSA) is 41.5 Å². The molecule has 0 aliphatic heterocycles. The van der Waals surface area contributed by atoms with Crippen LogP contribution in [0.15, 0.2) is 36.4 Å². The van der Waals surface area contributed by atoms with Gasteiger partial charge < -0.3 is 15.2 Å². The molecule has 0 radical (unpaired) electrons. The van der Waals surface area contributed by atoms with Crippen molar-refractivity contribution in [3.05, 3.63) is 63.1 Å². The van der Waals surface area contributed by atoms with Crippen LogP contribution < -0.4 is 10.1 Å². The second-order valence-electron chi connectivity index (χ2n) is 5.63. The van der Waals surface area contributed by atoms with E-state index in [1.807, 2.05) is 37.3 Å². The third-order valence-electron chi connectivity index (χ3n) is 3.34. The maximum Gasteiger partial charge on any atom is 0.142 e. The first-order valence-electron chi connectivity index (χ1n) is 7.50. The molecule has 124 valence electrons. The Labute approximate surface area is 147 Å². The molecule has 2 aromatic rings. The Morgan fingerprint density at radius 2 is 1.87 bits per heavy atom. The van der Waals surface area contributed by atoms with Crippen molar-refractivity contribution in [2.75, 3.05) is 6.54 Å². The van der Waals surface area contributed by atoms with Gasteiger partial charge in [0.05, 0.1) is 11.1 Å². The zero-order valence-electron chi connectivity index (χ0n) is 13.3. The number of aliphatic hydroxyl groups excluding tert-OH is 1. The summed E-state index contributed by atoms with van der Waals surface area (Å²) in [7, 11) is 0. The zero-order valence-corrected chi connectivity index (χ0v) is 14.8. The van der Waals surface area contributed by atoms with E-state index < -0.39 is 6.10 Å². The minimum absolute atomic E-state index is 0.415. The number of ether oxygens (including phenoxy) is 1. The Morgan fingerprint density at radius 3 is 2.52 bits per heavy atom. The van der Waals surface area contributed by atoms with Gasteiger partial charge >= 0.3 is 0 Å². The van der Waals surface area contributed by atoms with Crippen molar-refractivity contribution in [2.24, 2.45) is 0 Å². The van der Waals surface area contributed by atoms with Gasteiger partial charge in [-0.1, -0.05) is 53.0 Å². The molecule has 2 aromatic carbocycles. The number of rotatable bonds is 7. The van der Waals surface area contributed by atoms with E-state index >= 15 is 0 Å². The van der Waals surface area contributed by atoms with Crippen molar-refractivity contribution in [1.29, 1.82) is 0 Å². The molecule has 0 unspecified atom stereocenters. The number of aryl methyl sites for hydroxylation is 1. The minimum Gasteiger partial charge on any atom is -0.487 e. The fourth-order valence-corrected chi connectivity index (χ4v) is 2.75. The second-order valence-corrected chi connectivity index (χ2v) is 6.47. The Morgan fingerprint density at radius 1 is 1.17 bits per heavy atom. The summed E-state index contributed by atoms with van der Waals surface area (Å²) in [6.07, 6.45) is -0.415. The highest BCUT2D eigenvalue weighted by Crippen LogP contribution is 2.33. The van der Waals surface area contributed by atoms with Crippen molar-refractivity contribution in [2.45, 2.75) is 33.1 Å². The average molecular weight is 354 g/mol. The predicted octanol–water partition coefficient (Wildman–Crippen LogP) is 4.35. The molecule has 0 bridgehead atoms. The predicted molar refractivity (Wildman–Crippen MR) is 95.4 cm³/mol. The highest BCUT2D eigenvalue weighted by Gasteiger charge is 2.11. The van der Waals surface area contributed by atoms with E-state index in [2.05, 4.69) is 5.32 Å². The Hall–Kier alpha value is -1.26. The van der Waals surface area contributed by atoms with Gasteiger partial charge in [0, 0.05) is 23.7 Å². The van der Waals surface area contributed by atoms with Crippen molar-refractivity contribution >= 4 is 23.2 Å². The third kappa shape index (κ3) is 5.70. The van der Waals surface area contributed by atoms with Gasteiger partial charge in [-0.25, -0.2) is 0 Å². The molecule has 1 atom stereocenters. The molecule has 0 aliphatic rings. The van der Waals surface area contributed by atoms with Crippen LogP contribution in [0.5, 0.6) is 5.75 Å². The first-order chi connectivity index (χ1) is 11.0. The van der Waals surface area contributed by atoms with Crippen LogP contribution in [0.2, 0.25) is 10.0 Å². The van der Waals surface area contributed by atoms with Gasteiger partial charge in [-0.05, 0) is 31.5 Å². The highest BCUT2D eigenvalue weighted by atomic mass is 35.5. The molecule has 0 saturated carbocycles. The maximum absolute atomic E-state index is 9.34. The van der Waals surface area contributed by atoms with Gasteiger partial charge in [0.25, 0.3) is 0 Å². The summed E-state index contributed by atoms with van der Waals surface area (Å²) in [4.78, 5) is 0. The fourth-order valence-electron chi connectivity index (χ4n) is 2.16. The summed E-state index contributed by atoms with van der Waals surface area (Å²) >= 11 is 12.4. The number of hydrogen-bond donors (Lipinski definition) is 2. The van der Waals surface area contributed by atoms with Crippen LogP contribution in [0, 0.1) is 6.92 Å². The molecule has 5 heteroatoms. The normalized spacial score (nSPS) is 12.2. The summed E-state index contributed by atoms with van der Waals surface area (Å²) in [6, 6.07) is 11.7. The molecule has 0 saturated heterocycles. The van der Waals surface area contributed by atoms with Crippen LogP contribution in [-0.2, 0) is 13.2 Å². The second kappa shape index (κ2) is 8.55. The summed E-state index contributed by atoms with van der Waals surface area (Å²) in [5.74, 6) is 0.620. The number of nitrogens with one attached hydrogen (secondary N) is 1. The zero-order chi connectivity index (χ0) is 16.8. The van der Waals surface area contributed by atoms with Gasteiger partial charge in [-0.3, -0.25) is 0 Å². The molecule has 0 spiro atoms. The van der Waals surface area contributed by atoms with E-state index in [1.54, 1.807) is 13.0 Å².